The smallest absolute Gasteiger partial charge is 0.305 e. The van der Waals surface area contributed by atoms with E-state index in [-0.39, 0.29) is 18.5 Å². The third-order valence-corrected chi connectivity index (χ3v) is 5.05. The number of amides is 2. The summed E-state index contributed by atoms with van der Waals surface area (Å²) in [4.78, 5) is 25.6. The van der Waals surface area contributed by atoms with Crippen molar-refractivity contribution in [1.29, 1.82) is 0 Å². The zero-order valence-corrected chi connectivity index (χ0v) is 14.0. The van der Waals surface area contributed by atoms with Gasteiger partial charge in [-0.05, 0) is 39.8 Å². The van der Waals surface area contributed by atoms with Crippen LogP contribution < -0.4 is 0 Å². The topological polar surface area (TPSA) is 72.9 Å². The summed E-state index contributed by atoms with van der Waals surface area (Å²) in [5, 5.41) is 0. The summed E-state index contributed by atoms with van der Waals surface area (Å²) in [5.41, 5.74) is 0.626. The van der Waals surface area contributed by atoms with E-state index >= 15 is 0 Å². The fourth-order valence-electron chi connectivity index (χ4n) is 2.27. The summed E-state index contributed by atoms with van der Waals surface area (Å²) in [6.45, 7) is 6.88. The van der Waals surface area contributed by atoms with Crippen LogP contribution in [0.25, 0.3) is 0 Å². The first-order valence-electron chi connectivity index (χ1n) is 7.14. The highest BCUT2D eigenvalue weighted by Gasteiger charge is 2.41. The van der Waals surface area contributed by atoms with Gasteiger partial charge in [0.25, 0.3) is 11.8 Å². The van der Waals surface area contributed by atoms with Gasteiger partial charge < -0.3 is 9.05 Å². The second kappa shape index (κ2) is 6.32. The fraction of sp³-hybridized carbons (Fsp3) is 0.467. The van der Waals surface area contributed by atoms with Crippen molar-refractivity contribution in [2.24, 2.45) is 0 Å². The molecule has 1 aliphatic heterocycles. The number of hydrogen-bond acceptors (Lipinski definition) is 5. The first-order chi connectivity index (χ1) is 10.2. The molecule has 0 atom stereocenters. The molecule has 1 aliphatic rings. The first-order valence-corrected chi connectivity index (χ1v) is 8.87. The lowest BCUT2D eigenvalue weighted by molar-refractivity contribution is 0.0644. The van der Waals surface area contributed by atoms with Crippen molar-refractivity contribution in [2.75, 3.05) is 6.29 Å². The second-order valence-corrected chi connectivity index (χ2v) is 7.57. The van der Waals surface area contributed by atoms with Crippen LogP contribution in [0.2, 0.25) is 0 Å². The van der Waals surface area contributed by atoms with Gasteiger partial charge >= 0.3 is 7.60 Å². The van der Waals surface area contributed by atoms with Crippen LogP contribution in [0.3, 0.4) is 0 Å². The van der Waals surface area contributed by atoms with E-state index in [0.29, 0.717) is 11.1 Å². The highest BCUT2D eigenvalue weighted by molar-refractivity contribution is 7.53. The maximum atomic E-state index is 12.8. The number of fused-ring (bicyclic) bond motifs is 1. The predicted molar refractivity (Wildman–Crippen MR) is 81.9 cm³/mol. The minimum atomic E-state index is -3.60. The molecular weight excluding hydrogens is 305 g/mol. The predicted octanol–water partition coefficient (Wildman–Crippen LogP) is 3.28. The molecule has 0 radical (unpaired) electrons. The number of nitrogens with zero attached hydrogens (tertiary/aromatic N) is 1. The van der Waals surface area contributed by atoms with Crippen molar-refractivity contribution in [3.63, 3.8) is 0 Å². The standard InChI is InChI=1S/C15H20NO5P/c1-10(2)20-22(19,21-11(3)4)9-16-14(17)12-7-5-6-8-13(12)15(16)18/h5-8,10-11H,9H2,1-4H3. The molecule has 1 aromatic rings. The average molecular weight is 325 g/mol. The third-order valence-electron chi connectivity index (χ3n) is 2.94. The van der Waals surface area contributed by atoms with Crippen LogP contribution in [0.1, 0.15) is 48.4 Å². The molecule has 1 heterocycles. The van der Waals surface area contributed by atoms with Gasteiger partial charge in [-0.3, -0.25) is 19.1 Å². The summed E-state index contributed by atoms with van der Waals surface area (Å²) >= 11 is 0. The quantitative estimate of drug-likeness (QED) is 0.593. The molecule has 7 heteroatoms. The van der Waals surface area contributed by atoms with Crippen molar-refractivity contribution >= 4 is 19.4 Å². The van der Waals surface area contributed by atoms with Gasteiger partial charge in [0.15, 0.2) is 0 Å². The van der Waals surface area contributed by atoms with Crippen LogP contribution in [0, 0.1) is 0 Å². The highest BCUT2D eigenvalue weighted by atomic mass is 31.2. The van der Waals surface area contributed by atoms with Crippen molar-refractivity contribution in [1.82, 2.24) is 4.90 Å². The average Bonchev–Trinajstić information content (AvgIpc) is 2.62. The fourth-order valence-corrected chi connectivity index (χ4v) is 4.35. The summed E-state index contributed by atoms with van der Waals surface area (Å²) in [5.74, 6) is -0.943. The zero-order chi connectivity index (χ0) is 16.5. The molecule has 0 saturated heterocycles. The first kappa shape index (κ1) is 16.9. The molecule has 0 aliphatic carbocycles. The van der Waals surface area contributed by atoms with Crippen molar-refractivity contribution in [3.8, 4) is 0 Å². The normalized spacial score (nSPS) is 15.1. The Bertz CT molecular complexity index is 592. The van der Waals surface area contributed by atoms with Gasteiger partial charge in [0.2, 0.25) is 0 Å². The van der Waals surface area contributed by atoms with E-state index in [1.54, 1.807) is 52.0 Å². The van der Waals surface area contributed by atoms with Crippen molar-refractivity contribution in [2.45, 2.75) is 39.9 Å². The van der Waals surface area contributed by atoms with E-state index < -0.39 is 19.4 Å². The minimum absolute atomic E-state index is 0.313. The Hall–Kier alpha value is -1.49. The molecule has 0 fully saturated rings. The Labute approximate surface area is 129 Å². The minimum Gasteiger partial charge on any atom is -0.305 e. The maximum absolute atomic E-state index is 12.8. The number of carbonyl (C=O) groups excluding carboxylic acids is 2. The van der Waals surface area contributed by atoms with E-state index in [4.69, 9.17) is 9.05 Å². The van der Waals surface area contributed by atoms with Gasteiger partial charge in [0.1, 0.15) is 6.29 Å². The van der Waals surface area contributed by atoms with E-state index in [2.05, 4.69) is 0 Å². The Morgan fingerprint density at radius 3 is 1.73 bits per heavy atom. The van der Waals surface area contributed by atoms with Crippen LogP contribution in [-0.4, -0.2) is 35.2 Å². The van der Waals surface area contributed by atoms with Crippen LogP contribution >= 0.6 is 7.60 Å². The maximum Gasteiger partial charge on any atom is 0.350 e. The van der Waals surface area contributed by atoms with Crippen molar-refractivity contribution in [3.05, 3.63) is 35.4 Å². The number of benzene rings is 1. The lowest BCUT2D eigenvalue weighted by atomic mass is 10.1. The SMILES string of the molecule is CC(C)OP(=O)(CN1C(=O)c2ccccc2C1=O)OC(C)C. The second-order valence-electron chi connectivity index (χ2n) is 5.64. The van der Waals surface area contributed by atoms with E-state index in [1.165, 1.54) is 0 Å². The lowest BCUT2D eigenvalue weighted by Crippen LogP contribution is -2.32. The van der Waals surface area contributed by atoms with E-state index in [0.717, 1.165) is 4.90 Å². The molecule has 2 amide bonds. The molecule has 0 bridgehead atoms. The molecule has 0 unspecified atom stereocenters. The van der Waals surface area contributed by atoms with Gasteiger partial charge in [-0.15, -0.1) is 0 Å². The number of carbonyl (C=O) groups is 2. The molecule has 2 rings (SSSR count). The molecule has 6 nitrogen and oxygen atoms in total. The zero-order valence-electron chi connectivity index (χ0n) is 13.1. The Morgan fingerprint density at radius 1 is 0.955 bits per heavy atom. The Kier molecular flexibility index (Phi) is 4.85. The number of rotatable bonds is 6. The van der Waals surface area contributed by atoms with Crippen LogP contribution in [0.4, 0.5) is 0 Å². The van der Waals surface area contributed by atoms with Gasteiger partial charge in [-0.2, -0.15) is 0 Å². The Balaban J connectivity index is 2.27. The van der Waals surface area contributed by atoms with Crippen molar-refractivity contribution < 1.29 is 23.2 Å². The van der Waals surface area contributed by atoms with Crippen LogP contribution in [0.5, 0.6) is 0 Å². The van der Waals surface area contributed by atoms with E-state index in [9.17, 15) is 14.2 Å². The van der Waals surface area contributed by atoms with Crippen LogP contribution in [-0.2, 0) is 13.6 Å². The summed E-state index contributed by atoms with van der Waals surface area (Å²) in [6, 6.07) is 6.52. The summed E-state index contributed by atoms with van der Waals surface area (Å²) < 4.78 is 23.6. The summed E-state index contributed by atoms with van der Waals surface area (Å²) in [6.07, 6.45) is -1.07. The third kappa shape index (κ3) is 3.46. The van der Waals surface area contributed by atoms with Gasteiger partial charge in [0, 0.05) is 0 Å². The van der Waals surface area contributed by atoms with Gasteiger partial charge in [-0.1, -0.05) is 12.1 Å². The Morgan fingerprint density at radius 2 is 1.36 bits per heavy atom. The lowest BCUT2D eigenvalue weighted by Gasteiger charge is -2.25. The molecule has 1 aromatic carbocycles. The monoisotopic (exact) mass is 325 g/mol. The molecule has 22 heavy (non-hydrogen) atoms. The molecule has 0 saturated carbocycles. The number of imide groups is 1. The number of hydrogen-bond donors (Lipinski definition) is 0. The van der Waals surface area contributed by atoms with Crippen LogP contribution in [0.15, 0.2) is 24.3 Å². The molecular formula is C15H20NO5P. The van der Waals surface area contributed by atoms with E-state index in [1.807, 2.05) is 0 Å². The highest BCUT2D eigenvalue weighted by Crippen LogP contribution is 2.51. The molecule has 0 spiro atoms. The molecule has 120 valence electrons. The largest absolute Gasteiger partial charge is 0.350 e. The molecule has 0 aromatic heterocycles. The van der Waals surface area contributed by atoms with Gasteiger partial charge in [0.05, 0.1) is 23.3 Å². The summed E-state index contributed by atoms with van der Waals surface area (Å²) in [7, 11) is -3.60. The van der Waals surface area contributed by atoms with Gasteiger partial charge in [-0.25, -0.2) is 0 Å². The molecule has 0 N–H and O–H groups in total.